The molecule has 0 bridgehead atoms. The summed E-state index contributed by atoms with van der Waals surface area (Å²) in [5.41, 5.74) is 1.76. The molecule has 0 radical (unpaired) electrons. The van der Waals surface area contributed by atoms with Crippen molar-refractivity contribution in [2.45, 2.75) is 13.8 Å². The molecular formula is C14H21N3O2. The number of piperazine rings is 1. The van der Waals surface area contributed by atoms with Gasteiger partial charge in [-0.3, -0.25) is 9.59 Å². The zero-order valence-electron chi connectivity index (χ0n) is 12.1. The van der Waals surface area contributed by atoms with Crippen LogP contribution in [-0.4, -0.2) is 53.5 Å². The fourth-order valence-electron chi connectivity index (χ4n) is 2.41. The Balaban J connectivity index is 2.35. The molecule has 5 heteroatoms. The number of hydrogen-bond acceptors (Lipinski definition) is 3. The molecule has 0 N–H and O–H groups in total. The molecule has 1 fully saturated rings. The first-order chi connectivity index (χ1) is 8.91. The Hall–Kier alpha value is -1.62. The molecule has 0 unspecified atom stereocenters. The number of hydrogen-bond donors (Lipinski definition) is 0. The fourth-order valence-corrected chi connectivity index (χ4v) is 2.41. The average molecular weight is 263 g/mol. The predicted octanol–water partition coefficient (Wildman–Crippen LogP) is 0.390. The van der Waals surface area contributed by atoms with E-state index in [1.54, 1.807) is 11.9 Å². The van der Waals surface area contributed by atoms with Gasteiger partial charge in [-0.1, -0.05) is 0 Å². The number of carbonyl (C=O) groups is 1. The van der Waals surface area contributed by atoms with Gasteiger partial charge in [0.25, 0.3) is 11.5 Å². The predicted molar refractivity (Wildman–Crippen MR) is 74.6 cm³/mol. The Morgan fingerprint density at radius 1 is 1.11 bits per heavy atom. The summed E-state index contributed by atoms with van der Waals surface area (Å²) < 4.78 is 1.54. The van der Waals surface area contributed by atoms with Crippen molar-refractivity contribution in [2.24, 2.45) is 7.05 Å². The number of amides is 1. The molecule has 0 aliphatic carbocycles. The summed E-state index contributed by atoms with van der Waals surface area (Å²) in [5.74, 6) is -0.133. The van der Waals surface area contributed by atoms with E-state index in [9.17, 15) is 9.59 Å². The molecule has 2 rings (SSSR count). The van der Waals surface area contributed by atoms with Gasteiger partial charge in [-0.2, -0.15) is 0 Å². The van der Waals surface area contributed by atoms with E-state index >= 15 is 0 Å². The number of rotatable bonds is 1. The topological polar surface area (TPSA) is 45.6 Å². The van der Waals surface area contributed by atoms with Gasteiger partial charge in [0, 0.05) is 38.9 Å². The maximum absolute atomic E-state index is 12.5. The van der Waals surface area contributed by atoms with Crippen LogP contribution in [0.2, 0.25) is 0 Å². The second kappa shape index (κ2) is 5.17. The van der Waals surface area contributed by atoms with Gasteiger partial charge in [-0.05, 0) is 32.5 Å². The smallest absolute Gasteiger partial charge is 0.263 e. The van der Waals surface area contributed by atoms with Gasteiger partial charge in [-0.25, -0.2) is 0 Å². The van der Waals surface area contributed by atoms with Crippen LogP contribution in [0.4, 0.5) is 0 Å². The Morgan fingerprint density at radius 2 is 1.68 bits per heavy atom. The zero-order chi connectivity index (χ0) is 14.2. The van der Waals surface area contributed by atoms with Crippen LogP contribution in [0.15, 0.2) is 10.9 Å². The molecular weight excluding hydrogens is 242 g/mol. The van der Waals surface area contributed by atoms with Crippen LogP contribution in [0, 0.1) is 13.8 Å². The summed E-state index contributed by atoms with van der Waals surface area (Å²) in [4.78, 5) is 28.7. The summed E-state index contributed by atoms with van der Waals surface area (Å²) in [5, 5.41) is 0. The minimum absolute atomic E-state index is 0.133. The number of pyridine rings is 1. The third-order valence-electron chi connectivity index (χ3n) is 3.87. The Morgan fingerprint density at radius 3 is 2.26 bits per heavy atom. The molecule has 5 nitrogen and oxygen atoms in total. The summed E-state index contributed by atoms with van der Waals surface area (Å²) >= 11 is 0. The molecule has 104 valence electrons. The van der Waals surface area contributed by atoms with Crippen molar-refractivity contribution >= 4 is 5.91 Å². The minimum atomic E-state index is -0.193. The first kappa shape index (κ1) is 13.8. The quantitative estimate of drug-likeness (QED) is 0.736. The Labute approximate surface area is 113 Å². The highest BCUT2D eigenvalue weighted by Gasteiger charge is 2.24. The number of likely N-dealkylation sites (N-methyl/N-ethyl adjacent to an activating group) is 1. The monoisotopic (exact) mass is 263 g/mol. The molecule has 1 aliphatic heterocycles. The van der Waals surface area contributed by atoms with Gasteiger partial charge < -0.3 is 14.4 Å². The van der Waals surface area contributed by atoms with Gasteiger partial charge >= 0.3 is 0 Å². The van der Waals surface area contributed by atoms with Crippen LogP contribution in [0.3, 0.4) is 0 Å². The SMILES string of the molecule is Cc1cc(C)n(C)c(=O)c1C(=O)N1CCN(C)CC1. The standard InChI is InChI=1S/C14H21N3O2/c1-10-9-11(2)16(4)13(18)12(10)14(19)17-7-5-15(3)6-8-17/h9H,5-8H2,1-4H3. The van der Waals surface area contributed by atoms with Crippen molar-refractivity contribution in [3.63, 3.8) is 0 Å². The van der Waals surface area contributed by atoms with Crippen LogP contribution in [0.1, 0.15) is 21.6 Å². The van der Waals surface area contributed by atoms with Crippen LogP contribution < -0.4 is 5.56 Å². The van der Waals surface area contributed by atoms with Crippen LogP contribution in [0.25, 0.3) is 0 Å². The van der Waals surface area contributed by atoms with Crippen molar-refractivity contribution in [3.05, 3.63) is 33.2 Å². The second-order valence-corrected chi connectivity index (χ2v) is 5.30. The molecule has 1 aromatic rings. The molecule has 0 atom stereocenters. The molecule has 0 aromatic carbocycles. The second-order valence-electron chi connectivity index (χ2n) is 5.30. The summed E-state index contributed by atoms with van der Waals surface area (Å²) in [7, 11) is 3.75. The Bertz CT molecular complexity index is 555. The van der Waals surface area contributed by atoms with Crippen LogP contribution >= 0.6 is 0 Å². The summed E-state index contributed by atoms with van der Waals surface area (Å²) in [6.07, 6.45) is 0. The first-order valence-electron chi connectivity index (χ1n) is 6.57. The van der Waals surface area contributed by atoms with Gasteiger partial charge in [0.1, 0.15) is 5.56 Å². The lowest BCUT2D eigenvalue weighted by Crippen LogP contribution is -2.48. The summed E-state index contributed by atoms with van der Waals surface area (Å²) in [6, 6.07) is 1.89. The zero-order valence-corrected chi connectivity index (χ0v) is 12.1. The molecule has 19 heavy (non-hydrogen) atoms. The maximum Gasteiger partial charge on any atom is 0.263 e. The van der Waals surface area contributed by atoms with Crippen molar-refractivity contribution < 1.29 is 4.79 Å². The average Bonchev–Trinajstić information content (AvgIpc) is 2.37. The van der Waals surface area contributed by atoms with Crippen molar-refractivity contribution in [1.29, 1.82) is 0 Å². The van der Waals surface area contributed by atoms with Crippen LogP contribution in [-0.2, 0) is 7.05 Å². The third-order valence-corrected chi connectivity index (χ3v) is 3.87. The van der Waals surface area contributed by atoms with Gasteiger partial charge in [-0.15, -0.1) is 0 Å². The van der Waals surface area contributed by atoms with E-state index in [0.29, 0.717) is 18.7 Å². The molecule has 1 saturated heterocycles. The Kier molecular flexibility index (Phi) is 3.75. The number of carbonyl (C=O) groups excluding carboxylic acids is 1. The van der Waals surface area contributed by atoms with E-state index in [0.717, 1.165) is 24.3 Å². The van der Waals surface area contributed by atoms with Crippen molar-refractivity contribution in [2.75, 3.05) is 33.2 Å². The highest BCUT2D eigenvalue weighted by molar-refractivity contribution is 5.95. The maximum atomic E-state index is 12.5. The lowest BCUT2D eigenvalue weighted by molar-refractivity contribution is 0.0661. The van der Waals surface area contributed by atoms with E-state index in [2.05, 4.69) is 4.90 Å². The minimum Gasteiger partial charge on any atom is -0.336 e. The molecule has 1 aliphatic rings. The largest absolute Gasteiger partial charge is 0.336 e. The van der Waals surface area contributed by atoms with E-state index in [1.165, 1.54) is 4.57 Å². The number of nitrogens with zero attached hydrogens (tertiary/aromatic N) is 3. The van der Waals surface area contributed by atoms with Crippen LogP contribution in [0.5, 0.6) is 0 Å². The van der Waals surface area contributed by atoms with E-state index in [1.807, 2.05) is 27.0 Å². The van der Waals surface area contributed by atoms with Gasteiger partial charge in [0.15, 0.2) is 0 Å². The van der Waals surface area contributed by atoms with Crippen molar-refractivity contribution in [3.8, 4) is 0 Å². The van der Waals surface area contributed by atoms with E-state index < -0.39 is 0 Å². The molecule has 0 spiro atoms. The number of aryl methyl sites for hydroxylation is 2. The normalized spacial score (nSPS) is 16.7. The molecule has 2 heterocycles. The fraction of sp³-hybridized carbons (Fsp3) is 0.571. The summed E-state index contributed by atoms with van der Waals surface area (Å²) in [6.45, 7) is 6.79. The molecule has 1 aromatic heterocycles. The lowest BCUT2D eigenvalue weighted by Gasteiger charge is -2.32. The lowest BCUT2D eigenvalue weighted by atomic mass is 10.1. The molecule has 0 saturated carbocycles. The van der Waals surface area contributed by atoms with Gasteiger partial charge in [0.05, 0.1) is 0 Å². The molecule has 1 amide bonds. The first-order valence-corrected chi connectivity index (χ1v) is 6.57. The van der Waals surface area contributed by atoms with Crippen molar-refractivity contribution in [1.82, 2.24) is 14.4 Å². The van der Waals surface area contributed by atoms with E-state index in [4.69, 9.17) is 0 Å². The van der Waals surface area contributed by atoms with E-state index in [-0.39, 0.29) is 11.5 Å². The highest BCUT2D eigenvalue weighted by Crippen LogP contribution is 2.10. The number of aromatic nitrogens is 1. The third kappa shape index (κ3) is 2.56. The van der Waals surface area contributed by atoms with Gasteiger partial charge in [0.2, 0.25) is 0 Å². The highest BCUT2D eigenvalue weighted by atomic mass is 16.2.